The lowest BCUT2D eigenvalue weighted by Gasteiger charge is -2.03. The Morgan fingerprint density at radius 1 is 1.23 bits per heavy atom. The number of carbonyl (C=O) groups is 1. The van der Waals surface area contributed by atoms with E-state index < -0.39 is 12.5 Å². The highest BCUT2D eigenvalue weighted by molar-refractivity contribution is 6.30. The molecule has 0 aliphatic rings. The highest BCUT2D eigenvalue weighted by Crippen LogP contribution is 2.14. The monoisotopic (exact) mass is 324 g/mol. The summed E-state index contributed by atoms with van der Waals surface area (Å²) in [5.74, 6) is -0.355. The maximum absolute atomic E-state index is 12.0. The Morgan fingerprint density at radius 2 is 1.95 bits per heavy atom. The molecule has 0 aliphatic carbocycles. The number of halogens is 3. The van der Waals surface area contributed by atoms with Gasteiger partial charge < -0.3 is 4.74 Å². The van der Waals surface area contributed by atoms with Gasteiger partial charge in [0.1, 0.15) is 5.75 Å². The van der Waals surface area contributed by atoms with Crippen molar-refractivity contribution in [2.75, 3.05) is 0 Å². The topological polar surface area (TPSA) is 50.7 Å². The van der Waals surface area contributed by atoms with Crippen LogP contribution >= 0.6 is 11.6 Å². The van der Waals surface area contributed by atoms with Crippen LogP contribution in [0.3, 0.4) is 0 Å². The fourth-order valence-electron chi connectivity index (χ4n) is 1.60. The molecule has 0 heterocycles. The third-order valence-corrected chi connectivity index (χ3v) is 2.81. The van der Waals surface area contributed by atoms with Gasteiger partial charge in [-0.25, -0.2) is 5.43 Å². The van der Waals surface area contributed by atoms with Crippen LogP contribution in [0.1, 0.15) is 15.9 Å². The quantitative estimate of drug-likeness (QED) is 0.673. The Hall–Kier alpha value is -2.47. The molecule has 22 heavy (non-hydrogen) atoms. The standard InChI is InChI=1S/C15H11ClF2N2O2/c16-12-3-1-2-11(8-12)14(21)20-19-9-10-4-6-13(7-5-10)22-15(17)18/h1-9,15H,(H,20,21)/b19-9-. The second kappa shape index (κ2) is 7.51. The molecule has 0 aromatic heterocycles. The van der Waals surface area contributed by atoms with Crippen molar-refractivity contribution >= 4 is 23.7 Å². The normalized spacial score (nSPS) is 10.9. The summed E-state index contributed by atoms with van der Waals surface area (Å²) >= 11 is 5.79. The second-order valence-corrected chi connectivity index (χ2v) is 4.59. The van der Waals surface area contributed by atoms with Crippen LogP contribution in [0.4, 0.5) is 8.78 Å². The Kier molecular flexibility index (Phi) is 5.43. The molecule has 0 aliphatic heterocycles. The lowest BCUT2D eigenvalue weighted by atomic mass is 10.2. The summed E-state index contributed by atoms with van der Waals surface area (Å²) < 4.78 is 28.2. The number of hydrogen-bond acceptors (Lipinski definition) is 3. The molecule has 1 N–H and O–H groups in total. The minimum absolute atomic E-state index is 0.0510. The third-order valence-electron chi connectivity index (χ3n) is 2.57. The molecule has 7 heteroatoms. The molecule has 0 fully saturated rings. The molecule has 0 saturated carbocycles. The number of hydrogen-bond donors (Lipinski definition) is 1. The van der Waals surface area contributed by atoms with Gasteiger partial charge in [0.15, 0.2) is 0 Å². The molecule has 2 aromatic rings. The SMILES string of the molecule is O=C(N/N=C\c1ccc(OC(F)F)cc1)c1cccc(Cl)c1. The van der Waals surface area contributed by atoms with E-state index in [9.17, 15) is 13.6 Å². The number of nitrogens with one attached hydrogen (secondary N) is 1. The molecule has 0 unspecified atom stereocenters. The third kappa shape index (κ3) is 4.82. The number of carbonyl (C=O) groups excluding carboxylic acids is 1. The van der Waals surface area contributed by atoms with Crippen molar-refractivity contribution in [2.45, 2.75) is 6.61 Å². The van der Waals surface area contributed by atoms with Gasteiger partial charge in [-0.15, -0.1) is 0 Å². The largest absolute Gasteiger partial charge is 0.435 e. The summed E-state index contributed by atoms with van der Waals surface area (Å²) in [5.41, 5.74) is 3.34. The lowest BCUT2D eigenvalue weighted by Crippen LogP contribution is -2.17. The van der Waals surface area contributed by atoms with Crippen molar-refractivity contribution in [3.8, 4) is 5.75 Å². The fraction of sp³-hybridized carbons (Fsp3) is 0.0667. The first-order chi connectivity index (χ1) is 10.5. The minimum Gasteiger partial charge on any atom is -0.435 e. The van der Waals surface area contributed by atoms with Gasteiger partial charge in [-0.05, 0) is 48.0 Å². The first-order valence-corrected chi connectivity index (χ1v) is 6.56. The number of hydrazone groups is 1. The van der Waals surface area contributed by atoms with Crippen molar-refractivity contribution in [3.63, 3.8) is 0 Å². The molecule has 0 saturated heterocycles. The van der Waals surface area contributed by atoms with Crippen molar-refractivity contribution in [1.82, 2.24) is 5.43 Å². The summed E-state index contributed by atoms with van der Waals surface area (Å²) in [6.45, 7) is -2.86. The van der Waals surface area contributed by atoms with Gasteiger partial charge >= 0.3 is 6.61 Å². The first kappa shape index (κ1) is 15.9. The number of rotatable bonds is 5. The number of ether oxygens (including phenoxy) is 1. The van der Waals surface area contributed by atoms with Crippen molar-refractivity contribution in [3.05, 3.63) is 64.7 Å². The van der Waals surface area contributed by atoms with Crippen molar-refractivity contribution in [2.24, 2.45) is 5.10 Å². The van der Waals surface area contributed by atoms with Gasteiger partial charge in [0, 0.05) is 10.6 Å². The molecule has 1 amide bonds. The smallest absolute Gasteiger partial charge is 0.387 e. The zero-order valence-electron chi connectivity index (χ0n) is 11.2. The predicted octanol–water partition coefficient (Wildman–Crippen LogP) is 3.71. The molecule has 0 atom stereocenters. The van der Waals surface area contributed by atoms with E-state index in [2.05, 4.69) is 15.3 Å². The molecule has 0 bridgehead atoms. The zero-order valence-corrected chi connectivity index (χ0v) is 11.9. The molecule has 2 aromatic carbocycles. The van der Waals surface area contributed by atoms with Gasteiger partial charge in [-0.3, -0.25) is 4.79 Å². The van der Waals surface area contributed by atoms with Gasteiger partial charge in [0.05, 0.1) is 6.21 Å². The molecule has 0 radical (unpaired) electrons. The summed E-state index contributed by atoms with van der Waals surface area (Å²) in [5, 5.41) is 4.23. The Morgan fingerprint density at radius 3 is 2.59 bits per heavy atom. The summed E-state index contributed by atoms with van der Waals surface area (Å²) in [6.07, 6.45) is 1.38. The molecular formula is C15H11ClF2N2O2. The molecular weight excluding hydrogens is 314 g/mol. The van der Waals surface area contributed by atoms with E-state index in [1.54, 1.807) is 18.2 Å². The van der Waals surface area contributed by atoms with E-state index in [0.717, 1.165) is 0 Å². The Bertz CT molecular complexity index is 675. The van der Waals surface area contributed by atoms with Crippen LogP contribution in [-0.4, -0.2) is 18.7 Å². The molecule has 114 valence electrons. The van der Waals surface area contributed by atoms with Crippen LogP contribution in [0.25, 0.3) is 0 Å². The van der Waals surface area contributed by atoms with E-state index in [0.29, 0.717) is 16.1 Å². The van der Waals surface area contributed by atoms with Gasteiger partial charge in [0.25, 0.3) is 5.91 Å². The number of benzene rings is 2. The molecule has 4 nitrogen and oxygen atoms in total. The van der Waals surface area contributed by atoms with E-state index in [-0.39, 0.29) is 5.75 Å². The maximum atomic E-state index is 12.0. The Balaban J connectivity index is 1.93. The maximum Gasteiger partial charge on any atom is 0.387 e. The van der Waals surface area contributed by atoms with Crippen LogP contribution in [0.15, 0.2) is 53.6 Å². The highest BCUT2D eigenvalue weighted by Gasteiger charge is 2.04. The van der Waals surface area contributed by atoms with Gasteiger partial charge in [-0.2, -0.15) is 13.9 Å². The average Bonchev–Trinajstić information content (AvgIpc) is 2.48. The van der Waals surface area contributed by atoms with Gasteiger partial charge in [-0.1, -0.05) is 17.7 Å². The number of amides is 1. The van der Waals surface area contributed by atoms with Crippen molar-refractivity contribution < 1.29 is 18.3 Å². The van der Waals surface area contributed by atoms with Crippen LogP contribution in [0, 0.1) is 0 Å². The second-order valence-electron chi connectivity index (χ2n) is 4.16. The average molecular weight is 325 g/mol. The van der Waals surface area contributed by atoms with E-state index in [4.69, 9.17) is 11.6 Å². The van der Waals surface area contributed by atoms with Crippen LogP contribution in [0.2, 0.25) is 5.02 Å². The molecule has 0 spiro atoms. The van der Waals surface area contributed by atoms with E-state index >= 15 is 0 Å². The Labute approximate surface area is 130 Å². The van der Waals surface area contributed by atoms with Crippen LogP contribution < -0.4 is 10.2 Å². The van der Waals surface area contributed by atoms with Gasteiger partial charge in [0.2, 0.25) is 0 Å². The first-order valence-electron chi connectivity index (χ1n) is 6.18. The fourth-order valence-corrected chi connectivity index (χ4v) is 1.79. The number of alkyl halides is 2. The van der Waals surface area contributed by atoms with Crippen LogP contribution in [-0.2, 0) is 0 Å². The molecule has 2 rings (SSSR count). The van der Waals surface area contributed by atoms with Crippen molar-refractivity contribution in [1.29, 1.82) is 0 Å². The summed E-state index contributed by atoms with van der Waals surface area (Å²) in [4.78, 5) is 11.8. The lowest BCUT2D eigenvalue weighted by molar-refractivity contribution is -0.0498. The van der Waals surface area contributed by atoms with E-state index in [1.165, 1.54) is 36.5 Å². The van der Waals surface area contributed by atoms with Crippen LogP contribution in [0.5, 0.6) is 5.75 Å². The van der Waals surface area contributed by atoms with E-state index in [1.807, 2.05) is 0 Å². The summed E-state index contributed by atoms with van der Waals surface area (Å²) in [7, 11) is 0. The highest BCUT2D eigenvalue weighted by atomic mass is 35.5. The minimum atomic E-state index is -2.86. The summed E-state index contributed by atoms with van der Waals surface area (Å²) in [6, 6.07) is 12.3. The predicted molar refractivity (Wildman–Crippen MR) is 79.6 cm³/mol. The number of nitrogens with zero attached hydrogens (tertiary/aromatic N) is 1. The zero-order chi connectivity index (χ0) is 15.9.